The van der Waals surface area contributed by atoms with Crippen LogP contribution in [0.1, 0.15) is 37.0 Å². The van der Waals surface area contributed by atoms with Gasteiger partial charge in [-0.1, -0.05) is 6.42 Å². The van der Waals surface area contributed by atoms with Gasteiger partial charge in [0.2, 0.25) is 11.8 Å². The summed E-state index contributed by atoms with van der Waals surface area (Å²) in [5, 5.41) is 2.83. The fourth-order valence-electron chi connectivity index (χ4n) is 4.07. The molecule has 2 saturated heterocycles. The Bertz CT molecular complexity index is 1110. The Kier molecular flexibility index (Phi) is 6.82. The molecule has 8 nitrogen and oxygen atoms in total. The third-order valence-electron chi connectivity index (χ3n) is 5.71. The molecular weight excluding hydrogens is 450 g/mol. The van der Waals surface area contributed by atoms with E-state index in [1.54, 1.807) is 35.2 Å². The van der Waals surface area contributed by atoms with E-state index in [-0.39, 0.29) is 22.4 Å². The van der Waals surface area contributed by atoms with Gasteiger partial charge in [-0.2, -0.15) is 4.31 Å². The molecule has 0 radical (unpaired) electrons. The van der Waals surface area contributed by atoms with Crippen LogP contribution in [-0.2, 0) is 26.0 Å². The molecule has 1 aromatic carbocycles. The Morgan fingerprint density at radius 2 is 1.88 bits per heavy atom. The average Bonchev–Trinajstić information content (AvgIpc) is 3.43. The van der Waals surface area contributed by atoms with E-state index in [0.29, 0.717) is 48.1 Å². The van der Waals surface area contributed by atoms with E-state index in [1.165, 1.54) is 11.4 Å². The highest BCUT2D eigenvalue weighted by molar-refractivity contribution is 7.91. The first-order chi connectivity index (χ1) is 15.4. The Balaban J connectivity index is 1.41. The van der Waals surface area contributed by atoms with Gasteiger partial charge in [0.15, 0.2) is 0 Å². The van der Waals surface area contributed by atoms with Gasteiger partial charge in [-0.05, 0) is 43.5 Å². The van der Waals surface area contributed by atoms with Crippen LogP contribution in [-0.4, -0.2) is 51.3 Å². The van der Waals surface area contributed by atoms with E-state index in [1.807, 2.05) is 0 Å². The van der Waals surface area contributed by atoms with E-state index in [2.05, 4.69) is 5.32 Å². The van der Waals surface area contributed by atoms with Crippen LogP contribution in [0.2, 0.25) is 0 Å². The molecule has 1 N–H and O–H groups in total. The number of carbonyl (C=O) groups excluding carboxylic acids is 2. The molecule has 2 aromatic rings. The predicted molar refractivity (Wildman–Crippen MR) is 124 cm³/mol. The van der Waals surface area contributed by atoms with Crippen molar-refractivity contribution in [2.75, 3.05) is 37.0 Å². The van der Waals surface area contributed by atoms with E-state index < -0.39 is 10.0 Å². The van der Waals surface area contributed by atoms with Crippen LogP contribution in [0.5, 0.6) is 5.75 Å². The number of nitrogens with one attached hydrogen (secondary N) is 1. The van der Waals surface area contributed by atoms with Crippen molar-refractivity contribution < 1.29 is 22.7 Å². The number of sulfonamides is 1. The van der Waals surface area contributed by atoms with E-state index in [9.17, 15) is 18.0 Å². The van der Waals surface area contributed by atoms with Crippen molar-refractivity contribution in [3.8, 4) is 5.75 Å². The summed E-state index contributed by atoms with van der Waals surface area (Å²) in [5.74, 6) is 0.331. The number of anilines is 2. The zero-order valence-corrected chi connectivity index (χ0v) is 19.6. The number of ether oxygens (including phenoxy) is 1. The number of carbonyl (C=O) groups is 2. The Morgan fingerprint density at radius 3 is 2.56 bits per heavy atom. The maximum absolute atomic E-state index is 12.8. The standard InChI is InChI=1S/C22H27N3O5S2/c1-30-19-14-16(7-9-18(19)25-13-5-6-21(25)27)23-20(26)15-17-8-10-22(31-17)32(28,29)24-11-3-2-4-12-24/h7-10,14H,2-6,11-13,15H2,1H3,(H,23,26). The normalized spacial score (nSPS) is 17.5. The quantitative estimate of drug-likeness (QED) is 0.661. The van der Waals surface area contributed by atoms with Crippen LogP contribution < -0.4 is 15.0 Å². The lowest BCUT2D eigenvalue weighted by molar-refractivity contribution is -0.117. The lowest BCUT2D eigenvalue weighted by Gasteiger charge is -2.25. The average molecular weight is 478 g/mol. The number of thiophene rings is 1. The van der Waals surface area contributed by atoms with Gasteiger partial charge in [-0.3, -0.25) is 9.59 Å². The minimum atomic E-state index is -3.49. The van der Waals surface area contributed by atoms with Gasteiger partial charge in [-0.15, -0.1) is 11.3 Å². The molecule has 172 valence electrons. The first-order valence-corrected chi connectivity index (χ1v) is 13.0. The lowest BCUT2D eigenvalue weighted by Crippen LogP contribution is -2.35. The zero-order chi connectivity index (χ0) is 22.7. The van der Waals surface area contributed by atoms with Crippen LogP contribution >= 0.6 is 11.3 Å². The second-order valence-corrected chi connectivity index (χ2v) is 11.3. The lowest BCUT2D eigenvalue weighted by atomic mass is 10.2. The molecule has 2 aliphatic heterocycles. The largest absolute Gasteiger partial charge is 0.494 e. The molecular formula is C22H27N3O5S2. The van der Waals surface area contributed by atoms with Gasteiger partial charge in [0.05, 0.1) is 19.2 Å². The summed E-state index contributed by atoms with van der Waals surface area (Å²) in [6.07, 6.45) is 4.24. The van der Waals surface area contributed by atoms with Gasteiger partial charge < -0.3 is 15.0 Å². The van der Waals surface area contributed by atoms with Gasteiger partial charge in [0, 0.05) is 42.7 Å². The van der Waals surface area contributed by atoms with Gasteiger partial charge >= 0.3 is 0 Å². The monoisotopic (exact) mass is 477 g/mol. The number of rotatable bonds is 7. The summed E-state index contributed by atoms with van der Waals surface area (Å²) < 4.78 is 32.9. The molecule has 0 aliphatic carbocycles. The molecule has 2 fully saturated rings. The molecule has 2 amide bonds. The van der Waals surface area contributed by atoms with Gasteiger partial charge in [0.25, 0.3) is 10.0 Å². The highest BCUT2D eigenvalue weighted by Gasteiger charge is 2.28. The highest BCUT2D eigenvalue weighted by atomic mass is 32.2. The molecule has 0 bridgehead atoms. The SMILES string of the molecule is COc1cc(NC(=O)Cc2ccc(S(=O)(=O)N3CCCCC3)s2)ccc1N1CCCC1=O. The minimum absolute atomic E-state index is 0.0630. The summed E-state index contributed by atoms with van der Waals surface area (Å²) >= 11 is 1.14. The first kappa shape index (κ1) is 22.8. The number of hydrogen-bond acceptors (Lipinski definition) is 6. The summed E-state index contributed by atoms with van der Waals surface area (Å²) in [4.78, 5) is 27.0. The van der Waals surface area contributed by atoms with E-state index in [4.69, 9.17) is 4.74 Å². The minimum Gasteiger partial charge on any atom is -0.494 e. The van der Waals surface area contributed by atoms with Crippen molar-refractivity contribution in [1.82, 2.24) is 4.31 Å². The number of hydrogen-bond donors (Lipinski definition) is 1. The fourth-order valence-corrected chi connectivity index (χ4v) is 7.09. The van der Waals surface area contributed by atoms with Crippen molar-refractivity contribution in [2.24, 2.45) is 0 Å². The van der Waals surface area contributed by atoms with Crippen LogP contribution in [0.15, 0.2) is 34.5 Å². The van der Waals surface area contributed by atoms with Crippen molar-refractivity contribution in [3.05, 3.63) is 35.2 Å². The van der Waals surface area contributed by atoms with Crippen LogP contribution in [0.3, 0.4) is 0 Å². The maximum atomic E-state index is 12.8. The summed E-state index contributed by atoms with van der Waals surface area (Å²) in [7, 11) is -1.96. The Morgan fingerprint density at radius 1 is 1.09 bits per heavy atom. The van der Waals surface area contributed by atoms with Crippen molar-refractivity contribution in [3.63, 3.8) is 0 Å². The van der Waals surface area contributed by atoms with E-state index in [0.717, 1.165) is 37.0 Å². The molecule has 32 heavy (non-hydrogen) atoms. The molecule has 0 saturated carbocycles. The van der Waals surface area contributed by atoms with E-state index >= 15 is 0 Å². The number of amides is 2. The highest BCUT2D eigenvalue weighted by Crippen LogP contribution is 2.34. The molecule has 10 heteroatoms. The second-order valence-electron chi connectivity index (χ2n) is 7.95. The predicted octanol–water partition coefficient (Wildman–Crippen LogP) is 3.24. The summed E-state index contributed by atoms with van der Waals surface area (Å²) in [5.41, 5.74) is 1.25. The zero-order valence-electron chi connectivity index (χ0n) is 18.0. The molecule has 4 rings (SSSR count). The van der Waals surface area contributed by atoms with Crippen molar-refractivity contribution >= 4 is 44.5 Å². The molecule has 3 heterocycles. The number of methoxy groups -OCH3 is 1. The first-order valence-electron chi connectivity index (χ1n) is 10.8. The molecule has 0 unspecified atom stereocenters. The molecule has 2 aliphatic rings. The molecule has 0 atom stereocenters. The number of piperidine rings is 1. The molecule has 0 spiro atoms. The molecule has 1 aromatic heterocycles. The smallest absolute Gasteiger partial charge is 0.252 e. The van der Waals surface area contributed by atoms with Crippen LogP contribution in [0.25, 0.3) is 0 Å². The second kappa shape index (κ2) is 9.60. The fraction of sp³-hybridized carbons (Fsp3) is 0.455. The summed E-state index contributed by atoms with van der Waals surface area (Å²) in [6, 6.07) is 8.49. The Labute approximate surface area is 192 Å². The maximum Gasteiger partial charge on any atom is 0.252 e. The summed E-state index contributed by atoms with van der Waals surface area (Å²) in [6.45, 7) is 1.76. The van der Waals surface area contributed by atoms with Crippen LogP contribution in [0.4, 0.5) is 11.4 Å². The number of benzene rings is 1. The topological polar surface area (TPSA) is 96.0 Å². The third kappa shape index (κ3) is 4.82. The number of nitrogens with zero attached hydrogens (tertiary/aromatic N) is 2. The Hall–Kier alpha value is -2.43. The van der Waals surface area contributed by atoms with Crippen molar-refractivity contribution in [1.29, 1.82) is 0 Å². The van der Waals surface area contributed by atoms with Gasteiger partial charge in [0.1, 0.15) is 9.96 Å². The van der Waals surface area contributed by atoms with Gasteiger partial charge in [-0.25, -0.2) is 8.42 Å². The van der Waals surface area contributed by atoms with Crippen molar-refractivity contribution in [2.45, 2.75) is 42.7 Å². The third-order valence-corrected chi connectivity index (χ3v) is 9.16. The van der Waals surface area contributed by atoms with Crippen LogP contribution in [0, 0.1) is 0 Å².